The molecule has 0 bridgehead atoms. The fourth-order valence-corrected chi connectivity index (χ4v) is 4.14. The fourth-order valence-electron chi connectivity index (χ4n) is 4.14. The second kappa shape index (κ2) is 8.98. The average Bonchev–Trinajstić information content (AvgIpc) is 3.49. The minimum absolute atomic E-state index is 0.221. The summed E-state index contributed by atoms with van der Waals surface area (Å²) in [5, 5.41) is 5.90. The molecule has 1 aliphatic heterocycles. The quantitative estimate of drug-likeness (QED) is 0.461. The Hall–Kier alpha value is -4.06. The smallest absolute Gasteiger partial charge is 0.319 e. The van der Waals surface area contributed by atoms with Crippen molar-refractivity contribution in [1.29, 1.82) is 0 Å². The van der Waals surface area contributed by atoms with E-state index in [1.807, 2.05) is 41.1 Å². The molecule has 5 rings (SSSR count). The van der Waals surface area contributed by atoms with Crippen molar-refractivity contribution in [2.45, 2.75) is 19.5 Å². The van der Waals surface area contributed by atoms with Gasteiger partial charge in [-0.05, 0) is 53.4 Å². The Bertz CT molecular complexity index is 1200. The number of rotatable bonds is 6. The molecule has 3 aromatic carbocycles. The molecule has 0 unspecified atom stereocenters. The fraction of sp³-hybridized carbons (Fsp3) is 0.154. The van der Waals surface area contributed by atoms with E-state index in [1.165, 1.54) is 11.3 Å². The molecule has 2 heterocycles. The van der Waals surface area contributed by atoms with Crippen LogP contribution in [-0.2, 0) is 19.5 Å². The zero-order valence-corrected chi connectivity index (χ0v) is 17.7. The van der Waals surface area contributed by atoms with Gasteiger partial charge in [0, 0.05) is 49.1 Å². The number of anilines is 3. The number of hydrogen-bond acceptors (Lipinski definition) is 3. The van der Waals surface area contributed by atoms with Crippen molar-refractivity contribution in [1.82, 2.24) is 14.9 Å². The molecule has 6 nitrogen and oxygen atoms in total. The van der Waals surface area contributed by atoms with Crippen LogP contribution in [0.4, 0.5) is 21.9 Å². The third-order valence-electron chi connectivity index (χ3n) is 5.79. The number of benzene rings is 3. The molecule has 0 spiro atoms. The lowest BCUT2D eigenvalue weighted by Crippen LogP contribution is -2.28. The van der Waals surface area contributed by atoms with Crippen LogP contribution in [-0.4, -0.2) is 22.1 Å². The normalized spacial score (nSPS) is 12.4. The molecule has 0 saturated heterocycles. The molecule has 1 aromatic heterocycles. The predicted octanol–water partition coefficient (Wildman–Crippen LogP) is 4.95. The van der Waals surface area contributed by atoms with E-state index in [-0.39, 0.29) is 6.03 Å². The minimum Gasteiger partial charge on any atom is -0.341 e. The van der Waals surface area contributed by atoms with Gasteiger partial charge in [-0.2, -0.15) is 0 Å². The highest BCUT2D eigenvalue weighted by atomic mass is 16.2. The highest BCUT2D eigenvalue weighted by Crippen LogP contribution is 2.34. The summed E-state index contributed by atoms with van der Waals surface area (Å²) in [6.45, 7) is 2.16. The van der Waals surface area contributed by atoms with Gasteiger partial charge in [0.15, 0.2) is 0 Å². The number of aromatic nitrogens is 2. The van der Waals surface area contributed by atoms with Gasteiger partial charge < -0.3 is 20.1 Å². The summed E-state index contributed by atoms with van der Waals surface area (Å²) >= 11 is 0. The maximum Gasteiger partial charge on any atom is 0.319 e. The van der Waals surface area contributed by atoms with Gasteiger partial charge in [-0.3, -0.25) is 0 Å². The molecular formula is C26H25N5O. The number of hydrogen-bond donors (Lipinski definition) is 2. The van der Waals surface area contributed by atoms with E-state index >= 15 is 0 Å². The molecule has 4 aromatic rings. The highest BCUT2D eigenvalue weighted by molar-refractivity contribution is 5.89. The van der Waals surface area contributed by atoms with E-state index in [0.29, 0.717) is 6.54 Å². The summed E-state index contributed by atoms with van der Waals surface area (Å²) in [4.78, 5) is 18.9. The molecular weight excluding hydrogens is 398 g/mol. The van der Waals surface area contributed by atoms with Crippen LogP contribution >= 0.6 is 0 Å². The van der Waals surface area contributed by atoms with Crippen LogP contribution in [0.25, 0.3) is 0 Å². The molecule has 6 heteroatoms. The Labute approximate surface area is 187 Å². The van der Waals surface area contributed by atoms with Gasteiger partial charge in [-0.25, -0.2) is 9.78 Å². The van der Waals surface area contributed by atoms with Crippen molar-refractivity contribution in [2.24, 2.45) is 0 Å². The van der Waals surface area contributed by atoms with E-state index in [1.54, 1.807) is 12.5 Å². The number of fused-ring (bicyclic) bond motifs is 1. The molecule has 0 aliphatic carbocycles. The van der Waals surface area contributed by atoms with Gasteiger partial charge in [0.25, 0.3) is 0 Å². The van der Waals surface area contributed by atoms with Crippen LogP contribution in [0, 0.1) is 0 Å². The third kappa shape index (κ3) is 4.34. The molecule has 0 radical (unpaired) electrons. The van der Waals surface area contributed by atoms with Gasteiger partial charge >= 0.3 is 6.03 Å². The predicted molar refractivity (Wildman–Crippen MR) is 127 cm³/mol. The highest BCUT2D eigenvalue weighted by Gasteiger charge is 2.19. The maximum absolute atomic E-state index is 12.5. The number of carbonyl (C=O) groups excluding carboxylic acids is 1. The number of nitrogens with zero attached hydrogens (tertiary/aromatic N) is 3. The SMILES string of the molecule is O=C(NCc1ccccc1Cn1ccnc1)Nc1ccc(N2CCc3ccccc32)cc1. The standard InChI is InChI=1S/C26H25N5O/c32-26(28-17-21-6-1-2-7-22(21)18-30-16-14-27-19-30)29-23-9-11-24(12-10-23)31-15-13-20-5-3-4-8-25(20)31/h1-12,14,16,19H,13,15,17-18H2,(H2,28,29,32). The Kier molecular flexibility index (Phi) is 5.58. The van der Waals surface area contributed by atoms with Gasteiger partial charge in [-0.15, -0.1) is 0 Å². The number of para-hydroxylation sites is 1. The first-order valence-electron chi connectivity index (χ1n) is 10.8. The molecule has 0 fully saturated rings. The first-order chi connectivity index (χ1) is 15.8. The molecule has 1 aliphatic rings. The summed E-state index contributed by atoms with van der Waals surface area (Å²) in [6, 6.07) is 24.4. The first kappa shape index (κ1) is 19.9. The van der Waals surface area contributed by atoms with Crippen LogP contribution in [0.2, 0.25) is 0 Å². The zero-order chi connectivity index (χ0) is 21.8. The zero-order valence-electron chi connectivity index (χ0n) is 17.7. The Morgan fingerprint density at radius 2 is 1.72 bits per heavy atom. The summed E-state index contributed by atoms with van der Waals surface area (Å²) < 4.78 is 2.01. The molecule has 2 amide bonds. The molecule has 0 saturated carbocycles. The number of imidazole rings is 1. The van der Waals surface area contributed by atoms with Gasteiger partial charge in [-0.1, -0.05) is 42.5 Å². The number of urea groups is 1. The Morgan fingerprint density at radius 3 is 2.53 bits per heavy atom. The number of amides is 2. The van der Waals surface area contributed by atoms with Crippen LogP contribution in [0.5, 0.6) is 0 Å². The van der Waals surface area contributed by atoms with E-state index in [2.05, 4.69) is 63.0 Å². The summed E-state index contributed by atoms with van der Waals surface area (Å²) in [6.07, 6.45) is 6.55. The topological polar surface area (TPSA) is 62.2 Å². The molecule has 32 heavy (non-hydrogen) atoms. The minimum atomic E-state index is -0.221. The Balaban J connectivity index is 1.19. The monoisotopic (exact) mass is 423 g/mol. The van der Waals surface area contributed by atoms with Crippen LogP contribution in [0.15, 0.2) is 91.5 Å². The van der Waals surface area contributed by atoms with Crippen LogP contribution in [0.1, 0.15) is 16.7 Å². The third-order valence-corrected chi connectivity index (χ3v) is 5.79. The van der Waals surface area contributed by atoms with Gasteiger partial charge in [0.2, 0.25) is 0 Å². The van der Waals surface area contributed by atoms with Crippen molar-refractivity contribution in [3.63, 3.8) is 0 Å². The Morgan fingerprint density at radius 1 is 0.938 bits per heavy atom. The van der Waals surface area contributed by atoms with Gasteiger partial charge in [0.1, 0.15) is 0 Å². The summed E-state index contributed by atoms with van der Waals surface area (Å²) in [5.74, 6) is 0. The van der Waals surface area contributed by atoms with E-state index in [0.717, 1.165) is 42.0 Å². The van der Waals surface area contributed by atoms with E-state index in [4.69, 9.17) is 0 Å². The van der Waals surface area contributed by atoms with Gasteiger partial charge in [0.05, 0.1) is 6.33 Å². The van der Waals surface area contributed by atoms with E-state index in [9.17, 15) is 4.79 Å². The van der Waals surface area contributed by atoms with E-state index < -0.39 is 0 Å². The summed E-state index contributed by atoms with van der Waals surface area (Å²) in [7, 11) is 0. The van der Waals surface area contributed by atoms with Crippen LogP contribution < -0.4 is 15.5 Å². The summed E-state index contributed by atoms with van der Waals surface area (Å²) in [5.41, 5.74) is 6.78. The molecule has 0 atom stereocenters. The second-order valence-corrected chi connectivity index (χ2v) is 7.89. The van der Waals surface area contributed by atoms with Crippen LogP contribution in [0.3, 0.4) is 0 Å². The lowest BCUT2D eigenvalue weighted by molar-refractivity contribution is 0.251. The van der Waals surface area contributed by atoms with Crippen molar-refractivity contribution in [3.8, 4) is 0 Å². The average molecular weight is 424 g/mol. The maximum atomic E-state index is 12.5. The molecule has 160 valence electrons. The lowest BCUT2D eigenvalue weighted by Gasteiger charge is -2.20. The first-order valence-corrected chi connectivity index (χ1v) is 10.8. The van der Waals surface area contributed by atoms with Crippen molar-refractivity contribution in [3.05, 3.63) is 108 Å². The lowest BCUT2D eigenvalue weighted by atomic mass is 10.1. The largest absolute Gasteiger partial charge is 0.341 e. The number of nitrogens with one attached hydrogen (secondary N) is 2. The van der Waals surface area contributed by atoms with Crippen molar-refractivity contribution < 1.29 is 4.79 Å². The van der Waals surface area contributed by atoms with Crippen molar-refractivity contribution >= 4 is 23.1 Å². The van der Waals surface area contributed by atoms with Crippen molar-refractivity contribution in [2.75, 3.05) is 16.8 Å². The number of carbonyl (C=O) groups is 1. The second-order valence-electron chi connectivity index (χ2n) is 7.89. The molecule has 2 N–H and O–H groups in total.